The van der Waals surface area contributed by atoms with Crippen molar-refractivity contribution in [1.29, 1.82) is 0 Å². The largest absolute Gasteiger partial charge is 0.493 e. The summed E-state index contributed by atoms with van der Waals surface area (Å²) in [6, 6.07) is 25.7. The molecule has 39 heavy (non-hydrogen) atoms. The molecular weight excluding hydrogens is 492 g/mol. The first-order valence-electron chi connectivity index (χ1n) is 12.6. The van der Waals surface area contributed by atoms with E-state index in [2.05, 4.69) is 43.4 Å². The number of methoxy groups -OCH3 is 1. The quantitative estimate of drug-likeness (QED) is 0.231. The van der Waals surface area contributed by atoms with Gasteiger partial charge in [-0.2, -0.15) is 0 Å². The van der Waals surface area contributed by atoms with Crippen molar-refractivity contribution in [3.05, 3.63) is 107 Å². The number of amides is 4. The molecule has 0 unspecified atom stereocenters. The topological polar surface area (TPSA) is 84.9 Å². The average Bonchev–Trinajstić information content (AvgIpc) is 2.94. The van der Waals surface area contributed by atoms with Gasteiger partial charge in [0.25, 0.3) is 11.8 Å². The Labute approximate surface area is 226 Å². The molecule has 0 bridgehead atoms. The summed E-state index contributed by atoms with van der Waals surface area (Å²) < 4.78 is 11.5. The Hall–Kier alpha value is -4.91. The summed E-state index contributed by atoms with van der Waals surface area (Å²) in [4.78, 5) is 39.4. The Morgan fingerprint density at radius 3 is 2.31 bits per heavy atom. The molecule has 1 heterocycles. The van der Waals surface area contributed by atoms with Crippen LogP contribution in [0.15, 0.2) is 90.5 Å². The SMILES string of the molecule is COc1cc(/C=C2\C(=O)NC(=O)N(c3ccc(C(C)C)cc3)C2=O)ccc1OCc1ccc2ccccc2c1. The van der Waals surface area contributed by atoms with Gasteiger partial charge in [0.2, 0.25) is 0 Å². The fourth-order valence-corrected chi connectivity index (χ4v) is 4.45. The highest BCUT2D eigenvalue weighted by Crippen LogP contribution is 2.31. The maximum absolute atomic E-state index is 13.3. The summed E-state index contributed by atoms with van der Waals surface area (Å²) in [7, 11) is 1.52. The van der Waals surface area contributed by atoms with Crippen LogP contribution in [0.4, 0.5) is 10.5 Å². The number of carbonyl (C=O) groups excluding carboxylic acids is 3. The Kier molecular flexibility index (Phi) is 7.14. The number of anilines is 1. The zero-order chi connectivity index (χ0) is 27.5. The van der Waals surface area contributed by atoms with E-state index in [1.54, 1.807) is 30.3 Å². The van der Waals surface area contributed by atoms with Crippen molar-refractivity contribution in [2.24, 2.45) is 0 Å². The number of rotatable bonds is 7. The van der Waals surface area contributed by atoms with E-state index in [0.29, 0.717) is 35.3 Å². The molecule has 0 atom stereocenters. The van der Waals surface area contributed by atoms with Gasteiger partial charge in [-0.25, -0.2) is 9.69 Å². The summed E-state index contributed by atoms with van der Waals surface area (Å²) in [5, 5.41) is 4.55. The second kappa shape index (κ2) is 10.8. The highest BCUT2D eigenvalue weighted by Gasteiger charge is 2.36. The second-order valence-corrected chi connectivity index (χ2v) is 9.58. The van der Waals surface area contributed by atoms with Crippen molar-refractivity contribution in [3.63, 3.8) is 0 Å². The maximum Gasteiger partial charge on any atom is 0.335 e. The number of nitrogens with zero attached hydrogens (tertiary/aromatic N) is 1. The van der Waals surface area contributed by atoms with Crippen LogP contribution in [0.1, 0.15) is 36.5 Å². The molecule has 1 aliphatic heterocycles. The molecule has 1 aliphatic rings. The van der Waals surface area contributed by atoms with Gasteiger partial charge in [0.15, 0.2) is 11.5 Å². The molecule has 4 amide bonds. The van der Waals surface area contributed by atoms with Crippen molar-refractivity contribution >= 4 is 40.4 Å². The summed E-state index contributed by atoms with van der Waals surface area (Å²) in [6.07, 6.45) is 1.44. The molecule has 7 heteroatoms. The number of barbiturate groups is 1. The normalized spacial score (nSPS) is 14.7. The Morgan fingerprint density at radius 2 is 1.59 bits per heavy atom. The molecule has 0 spiro atoms. The number of nitrogens with one attached hydrogen (secondary N) is 1. The third-order valence-electron chi connectivity index (χ3n) is 6.63. The predicted octanol–water partition coefficient (Wildman–Crippen LogP) is 6.22. The molecule has 0 radical (unpaired) electrons. The molecule has 0 aliphatic carbocycles. The fourth-order valence-electron chi connectivity index (χ4n) is 4.45. The zero-order valence-electron chi connectivity index (χ0n) is 21.9. The lowest BCUT2D eigenvalue weighted by Gasteiger charge is -2.26. The minimum absolute atomic E-state index is 0.158. The van der Waals surface area contributed by atoms with Crippen LogP contribution in [-0.4, -0.2) is 25.0 Å². The average molecular weight is 521 g/mol. The first-order valence-corrected chi connectivity index (χ1v) is 12.6. The van der Waals surface area contributed by atoms with Gasteiger partial charge >= 0.3 is 6.03 Å². The van der Waals surface area contributed by atoms with E-state index in [1.807, 2.05) is 30.3 Å². The Bertz CT molecular complexity index is 1600. The van der Waals surface area contributed by atoms with E-state index >= 15 is 0 Å². The second-order valence-electron chi connectivity index (χ2n) is 9.58. The summed E-state index contributed by atoms with van der Waals surface area (Å²) in [5.74, 6) is -0.177. The zero-order valence-corrected chi connectivity index (χ0v) is 21.9. The van der Waals surface area contributed by atoms with Gasteiger partial charge in [-0.05, 0) is 69.8 Å². The first-order chi connectivity index (χ1) is 18.8. The number of ether oxygens (including phenoxy) is 2. The molecule has 5 rings (SSSR count). The van der Waals surface area contributed by atoms with E-state index in [0.717, 1.165) is 26.8 Å². The van der Waals surface area contributed by atoms with Crippen molar-refractivity contribution in [3.8, 4) is 11.5 Å². The number of imide groups is 2. The standard InChI is InChI=1S/C32H28N2O5/c1-20(2)23-11-13-26(14-12-23)34-31(36)27(30(35)33-32(34)37)17-21-9-15-28(29(18-21)38-3)39-19-22-8-10-24-6-4-5-7-25(24)16-22/h4-18,20H,19H2,1-3H3,(H,33,35,37)/b27-17+. The number of urea groups is 1. The lowest BCUT2D eigenvalue weighted by molar-refractivity contribution is -0.122. The van der Waals surface area contributed by atoms with Gasteiger partial charge in [-0.1, -0.05) is 68.4 Å². The molecule has 7 nitrogen and oxygen atoms in total. The minimum atomic E-state index is -0.783. The van der Waals surface area contributed by atoms with Crippen molar-refractivity contribution in [1.82, 2.24) is 5.32 Å². The van der Waals surface area contributed by atoms with Crippen LogP contribution in [0.5, 0.6) is 11.5 Å². The van der Waals surface area contributed by atoms with Crippen LogP contribution in [0.3, 0.4) is 0 Å². The van der Waals surface area contributed by atoms with Crippen molar-refractivity contribution in [2.45, 2.75) is 26.4 Å². The molecule has 196 valence electrons. The van der Waals surface area contributed by atoms with E-state index in [4.69, 9.17) is 9.47 Å². The molecule has 0 saturated carbocycles. The van der Waals surface area contributed by atoms with E-state index in [9.17, 15) is 14.4 Å². The van der Waals surface area contributed by atoms with Gasteiger partial charge < -0.3 is 9.47 Å². The van der Waals surface area contributed by atoms with Gasteiger partial charge in [-0.3, -0.25) is 14.9 Å². The number of benzene rings is 4. The highest BCUT2D eigenvalue weighted by atomic mass is 16.5. The molecular formula is C32H28N2O5. The predicted molar refractivity (Wildman–Crippen MR) is 151 cm³/mol. The molecule has 4 aromatic rings. The van der Waals surface area contributed by atoms with Gasteiger partial charge in [0.1, 0.15) is 12.2 Å². The fraction of sp³-hybridized carbons (Fsp3) is 0.156. The van der Waals surface area contributed by atoms with Crippen LogP contribution in [0.25, 0.3) is 16.8 Å². The summed E-state index contributed by atoms with van der Waals surface area (Å²) >= 11 is 0. The van der Waals surface area contributed by atoms with Gasteiger partial charge in [0, 0.05) is 0 Å². The molecule has 1 N–H and O–H groups in total. The molecule has 1 saturated heterocycles. The van der Waals surface area contributed by atoms with Gasteiger partial charge in [-0.15, -0.1) is 0 Å². The number of hydrogen-bond donors (Lipinski definition) is 1. The number of fused-ring (bicyclic) bond motifs is 1. The van der Waals surface area contributed by atoms with Crippen molar-refractivity contribution in [2.75, 3.05) is 12.0 Å². The maximum atomic E-state index is 13.3. The van der Waals surface area contributed by atoms with E-state index in [1.165, 1.54) is 13.2 Å². The van der Waals surface area contributed by atoms with Crippen LogP contribution < -0.4 is 19.7 Å². The Balaban J connectivity index is 1.37. The van der Waals surface area contributed by atoms with E-state index < -0.39 is 17.8 Å². The lowest BCUT2D eigenvalue weighted by Crippen LogP contribution is -2.54. The molecule has 1 fully saturated rings. The smallest absolute Gasteiger partial charge is 0.335 e. The minimum Gasteiger partial charge on any atom is -0.493 e. The van der Waals surface area contributed by atoms with Crippen LogP contribution in [-0.2, 0) is 16.2 Å². The van der Waals surface area contributed by atoms with E-state index in [-0.39, 0.29) is 5.57 Å². The van der Waals surface area contributed by atoms with Crippen molar-refractivity contribution < 1.29 is 23.9 Å². The van der Waals surface area contributed by atoms with Crippen LogP contribution in [0.2, 0.25) is 0 Å². The first kappa shape index (κ1) is 25.7. The van der Waals surface area contributed by atoms with Crippen LogP contribution >= 0.6 is 0 Å². The lowest BCUT2D eigenvalue weighted by atomic mass is 10.0. The third-order valence-corrected chi connectivity index (χ3v) is 6.63. The van der Waals surface area contributed by atoms with Gasteiger partial charge in [0.05, 0.1) is 12.8 Å². The summed E-state index contributed by atoms with van der Waals surface area (Å²) in [6.45, 7) is 4.46. The van der Waals surface area contributed by atoms with Crippen LogP contribution in [0, 0.1) is 0 Å². The summed E-state index contributed by atoms with van der Waals surface area (Å²) in [5.41, 5.74) is 2.86. The molecule has 4 aromatic carbocycles. The third kappa shape index (κ3) is 5.38. The number of carbonyl (C=O) groups is 3. The highest BCUT2D eigenvalue weighted by molar-refractivity contribution is 6.39. The monoisotopic (exact) mass is 520 g/mol. The number of hydrogen-bond acceptors (Lipinski definition) is 5. The Morgan fingerprint density at radius 1 is 0.846 bits per heavy atom. The molecule has 0 aromatic heterocycles.